The lowest BCUT2D eigenvalue weighted by molar-refractivity contribution is -0.142. The molecule has 0 bridgehead atoms. The van der Waals surface area contributed by atoms with Gasteiger partial charge in [0.25, 0.3) is 0 Å². The summed E-state index contributed by atoms with van der Waals surface area (Å²) in [6.07, 6.45) is 6.03. The van der Waals surface area contributed by atoms with E-state index in [0.717, 1.165) is 42.1 Å². The molecular weight excluding hydrogens is 341 g/mol. The number of hydrogen-bond acceptors (Lipinski definition) is 6. The van der Waals surface area contributed by atoms with Crippen molar-refractivity contribution < 1.29 is 23.6 Å². The predicted octanol–water partition coefficient (Wildman–Crippen LogP) is 1.24. The van der Waals surface area contributed by atoms with E-state index in [1.807, 2.05) is 0 Å². The Morgan fingerprint density at radius 1 is 1.27 bits per heavy atom. The van der Waals surface area contributed by atoms with E-state index in [9.17, 15) is 14.0 Å². The minimum absolute atomic E-state index is 0.0901. The van der Waals surface area contributed by atoms with Crippen molar-refractivity contribution in [1.82, 2.24) is 14.6 Å². The summed E-state index contributed by atoms with van der Waals surface area (Å²) < 4.78 is 20.2. The van der Waals surface area contributed by atoms with Crippen LogP contribution in [0.5, 0.6) is 5.88 Å². The second-order valence-electron chi connectivity index (χ2n) is 6.91. The summed E-state index contributed by atoms with van der Waals surface area (Å²) in [5.74, 6) is -1.01. The van der Waals surface area contributed by atoms with Gasteiger partial charge in [-0.2, -0.15) is 0 Å². The van der Waals surface area contributed by atoms with Crippen molar-refractivity contribution in [2.75, 3.05) is 13.1 Å². The third-order valence-corrected chi connectivity index (χ3v) is 5.32. The Morgan fingerprint density at radius 2 is 2.12 bits per heavy atom. The van der Waals surface area contributed by atoms with Gasteiger partial charge in [-0.3, -0.25) is 4.90 Å². The number of rotatable bonds is 3. The number of esters is 1. The number of piperidine rings is 1. The largest absolute Gasteiger partial charge is 0.403 e. The molecule has 2 unspecified atom stereocenters. The van der Waals surface area contributed by atoms with Crippen molar-refractivity contribution in [2.24, 2.45) is 5.92 Å². The molecule has 1 saturated carbocycles. The molecule has 0 aromatic carbocycles. The first kappa shape index (κ1) is 15.5. The maximum absolute atomic E-state index is 13.8. The van der Waals surface area contributed by atoms with Crippen LogP contribution in [0.3, 0.4) is 0 Å². The fourth-order valence-electron chi connectivity index (χ4n) is 3.98. The first-order valence-corrected chi connectivity index (χ1v) is 8.65. The molecule has 0 radical (unpaired) electrons. The Morgan fingerprint density at radius 3 is 2.88 bits per heavy atom. The van der Waals surface area contributed by atoms with E-state index in [-0.39, 0.29) is 11.5 Å². The second kappa shape index (κ2) is 5.63. The van der Waals surface area contributed by atoms with Crippen LogP contribution < -0.4 is 9.57 Å². The summed E-state index contributed by atoms with van der Waals surface area (Å²) in [7, 11) is 0. The number of carbonyl (C=O) groups is 2. The minimum Gasteiger partial charge on any atom is -0.403 e. The summed E-state index contributed by atoms with van der Waals surface area (Å²) in [6, 6.07) is 1.97. The third-order valence-electron chi connectivity index (χ3n) is 5.32. The zero-order chi connectivity index (χ0) is 17.8. The molecule has 134 valence electrons. The van der Waals surface area contributed by atoms with E-state index < -0.39 is 17.8 Å². The van der Waals surface area contributed by atoms with E-state index in [0.29, 0.717) is 23.4 Å². The Bertz CT molecular complexity index is 967. The number of hydrogen-bond donors (Lipinski definition) is 0. The molecule has 3 aliphatic rings. The molecule has 4 heterocycles. The van der Waals surface area contributed by atoms with Crippen molar-refractivity contribution in [2.45, 2.75) is 25.3 Å². The molecule has 5 rings (SSSR count). The molecule has 2 aliphatic heterocycles. The van der Waals surface area contributed by atoms with Gasteiger partial charge in [0.2, 0.25) is 5.88 Å². The van der Waals surface area contributed by atoms with Crippen LogP contribution in [0.25, 0.3) is 11.0 Å². The highest BCUT2D eigenvalue weighted by Gasteiger charge is 2.46. The molecular formula is C18H16FN3O4. The highest BCUT2D eigenvalue weighted by atomic mass is 19.1. The molecule has 0 N–H and O–H groups in total. The van der Waals surface area contributed by atoms with Crippen molar-refractivity contribution in [3.63, 3.8) is 0 Å². The van der Waals surface area contributed by atoms with Crippen molar-refractivity contribution >= 4 is 23.0 Å². The average molecular weight is 357 g/mol. The topological polar surface area (TPSA) is 73.7 Å². The molecule has 2 aromatic rings. The van der Waals surface area contributed by atoms with E-state index in [2.05, 4.69) is 9.88 Å². The fourth-order valence-corrected chi connectivity index (χ4v) is 3.98. The molecule has 26 heavy (non-hydrogen) atoms. The smallest absolute Gasteiger partial charge is 0.356 e. The quantitative estimate of drug-likeness (QED) is 0.770. The van der Waals surface area contributed by atoms with Gasteiger partial charge in [-0.15, -0.1) is 4.73 Å². The Kier molecular flexibility index (Phi) is 3.36. The maximum Gasteiger partial charge on any atom is 0.356 e. The van der Waals surface area contributed by atoms with Crippen molar-refractivity contribution in [1.29, 1.82) is 0 Å². The number of aromatic nitrogens is 2. The summed E-state index contributed by atoms with van der Waals surface area (Å²) in [6.45, 7) is 1.82. The van der Waals surface area contributed by atoms with Gasteiger partial charge in [-0.1, -0.05) is 0 Å². The molecule has 7 nitrogen and oxygen atoms in total. The van der Waals surface area contributed by atoms with Gasteiger partial charge < -0.3 is 9.57 Å². The lowest BCUT2D eigenvalue weighted by Crippen LogP contribution is -2.26. The zero-order valence-corrected chi connectivity index (χ0v) is 13.9. The Hall–Kier alpha value is -2.74. The summed E-state index contributed by atoms with van der Waals surface area (Å²) >= 11 is 0. The van der Waals surface area contributed by atoms with Crippen molar-refractivity contribution in [3.8, 4) is 5.88 Å². The van der Waals surface area contributed by atoms with Gasteiger partial charge in [0.05, 0.1) is 6.20 Å². The second-order valence-corrected chi connectivity index (χ2v) is 6.91. The molecule has 2 aromatic heterocycles. The van der Waals surface area contributed by atoms with Crippen LogP contribution in [-0.2, 0) is 16.0 Å². The zero-order valence-electron chi connectivity index (χ0n) is 13.9. The highest BCUT2D eigenvalue weighted by Crippen LogP contribution is 2.44. The fraction of sp³-hybridized carbons (Fsp3) is 0.389. The average Bonchev–Trinajstić information content (AvgIpc) is 3.21. The minimum atomic E-state index is -0.724. The highest BCUT2D eigenvalue weighted by molar-refractivity contribution is 5.95. The number of pyridine rings is 1. The summed E-state index contributed by atoms with van der Waals surface area (Å²) in [4.78, 5) is 35.4. The first-order valence-electron chi connectivity index (χ1n) is 8.65. The standard InChI is InChI=1S/C18H16FN3O4/c19-11-8-13-12(4-6-21-5-3-10-7-14(10)21)18-22(17(13)20-9-11)26-16(24)2-1-15(23)25-18/h1-2,8-10,14H,3-7H2/b2-1+. The third kappa shape index (κ3) is 2.48. The van der Waals surface area contributed by atoms with Crippen LogP contribution in [0.4, 0.5) is 4.39 Å². The summed E-state index contributed by atoms with van der Waals surface area (Å²) in [5.41, 5.74) is 0.867. The molecule has 0 spiro atoms. The van der Waals surface area contributed by atoms with Crippen LogP contribution in [-0.4, -0.2) is 45.7 Å². The molecule has 1 aliphatic carbocycles. The van der Waals surface area contributed by atoms with Gasteiger partial charge in [-0.05, 0) is 37.8 Å². The molecule has 0 amide bonds. The molecule has 2 fully saturated rings. The maximum atomic E-state index is 13.8. The number of carbonyl (C=O) groups excluding carboxylic acids is 2. The SMILES string of the molecule is O=C1/C=C/C(=O)On2c(c(CCN3CCC4CC43)c3cc(F)cnc32)O1. The number of ether oxygens (including phenoxy) is 1. The van der Waals surface area contributed by atoms with Gasteiger partial charge in [-0.25, -0.2) is 19.0 Å². The van der Waals surface area contributed by atoms with E-state index in [1.54, 1.807) is 0 Å². The number of fused-ring (bicyclic) bond motifs is 4. The van der Waals surface area contributed by atoms with Crippen LogP contribution in [0.1, 0.15) is 18.4 Å². The van der Waals surface area contributed by atoms with Gasteiger partial charge in [0.15, 0.2) is 5.65 Å². The van der Waals surface area contributed by atoms with Crippen LogP contribution in [0.15, 0.2) is 24.4 Å². The normalized spacial score (nSPS) is 25.9. The Balaban J connectivity index is 1.57. The van der Waals surface area contributed by atoms with Crippen LogP contribution in [0, 0.1) is 11.7 Å². The van der Waals surface area contributed by atoms with Gasteiger partial charge >= 0.3 is 11.9 Å². The van der Waals surface area contributed by atoms with Crippen molar-refractivity contribution in [3.05, 3.63) is 35.8 Å². The van der Waals surface area contributed by atoms with Gasteiger partial charge in [0, 0.05) is 35.7 Å². The van der Waals surface area contributed by atoms with E-state index in [1.165, 1.54) is 18.9 Å². The number of likely N-dealkylation sites (tertiary alicyclic amines) is 1. The lowest BCUT2D eigenvalue weighted by Gasteiger charge is -2.17. The van der Waals surface area contributed by atoms with E-state index >= 15 is 0 Å². The molecule has 1 saturated heterocycles. The number of nitrogens with zero attached hydrogens (tertiary/aromatic N) is 3. The van der Waals surface area contributed by atoms with Crippen LogP contribution in [0.2, 0.25) is 0 Å². The predicted molar refractivity (Wildman–Crippen MR) is 87.8 cm³/mol. The van der Waals surface area contributed by atoms with Crippen LogP contribution >= 0.6 is 0 Å². The van der Waals surface area contributed by atoms with E-state index in [4.69, 9.17) is 9.57 Å². The molecule has 2 atom stereocenters. The first-order chi connectivity index (χ1) is 12.6. The monoisotopic (exact) mass is 357 g/mol. The lowest BCUT2D eigenvalue weighted by atomic mass is 10.1. The summed E-state index contributed by atoms with van der Waals surface area (Å²) in [5, 5.41) is 0.481. The number of halogens is 1. The molecule has 8 heteroatoms. The Labute approximate surface area is 147 Å². The van der Waals surface area contributed by atoms with Gasteiger partial charge in [0.1, 0.15) is 5.82 Å².